The molecule has 13 heavy (non-hydrogen) atoms. The lowest BCUT2D eigenvalue weighted by atomic mass is 9.75. The highest BCUT2D eigenvalue weighted by molar-refractivity contribution is 7.10. The van der Waals surface area contributed by atoms with Gasteiger partial charge in [-0.15, -0.1) is 17.9 Å². The Morgan fingerprint density at radius 1 is 1.69 bits per heavy atom. The second-order valence-corrected chi connectivity index (χ2v) is 4.58. The van der Waals surface area contributed by atoms with Gasteiger partial charge in [-0.05, 0) is 23.4 Å². The SMILES string of the molecule is C=CC1(c2ccsc2CC)CNC1. The Hall–Kier alpha value is -0.600. The van der Waals surface area contributed by atoms with Crippen LogP contribution in [0.1, 0.15) is 17.4 Å². The normalized spacial score (nSPS) is 19.5. The van der Waals surface area contributed by atoms with Crippen molar-refractivity contribution >= 4 is 11.3 Å². The maximum atomic E-state index is 3.95. The lowest BCUT2D eigenvalue weighted by molar-refractivity contribution is 0.346. The first kappa shape index (κ1) is 8.97. The molecule has 0 unspecified atom stereocenters. The molecular formula is C11H15NS. The van der Waals surface area contributed by atoms with E-state index in [0.717, 1.165) is 19.5 Å². The summed E-state index contributed by atoms with van der Waals surface area (Å²) in [4.78, 5) is 1.52. The Kier molecular flexibility index (Phi) is 2.26. The van der Waals surface area contributed by atoms with Crippen molar-refractivity contribution in [3.8, 4) is 0 Å². The van der Waals surface area contributed by atoms with Gasteiger partial charge in [0.25, 0.3) is 0 Å². The average molecular weight is 193 g/mol. The van der Waals surface area contributed by atoms with E-state index in [4.69, 9.17) is 0 Å². The topological polar surface area (TPSA) is 12.0 Å². The predicted octanol–water partition coefficient (Wildman–Crippen LogP) is 2.34. The van der Waals surface area contributed by atoms with Gasteiger partial charge in [0.2, 0.25) is 0 Å². The summed E-state index contributed by atoms with van der Waals surface area (Å²) in [6.07, 6.45) is 3.24. The fraction of sp³-hybridized carbons (Fsp3) is 0.455. The molecule has 0 saturated carbocycles. The Morgan fingerprint density at radius 2 is 2.46 bits per heavy atom. The summed E-state index contributed by atoms with van der Waals surface area (Å²) in [6.45, 7) is 8.28. The molecule has 1 fully saturated rings. The summed E-state index contributed by atoms with van der Waals surface area (Å²) in [6, 6.07) is 2.26. The molecule has 1 saturated heterocycles. The molecular weight excluding hydrogens is 178 g/mol. The summed E-state index contributed by atoms with van der Waals surface area (Å²) in [5, 5.41) is 5.52. The maximum Gasteiger partial charge on any atom is 0.0390 e. The van der Waals surface area contributed by atoms with E-state index >= 15 is 0 Å². The lowest BCUT2D eigenvalue weighted by Crippen LogP contribution is -2.55. The largest absolute Gasteiger partial charge is 0.314 e. The quantitative estimate of drug-likeness (QED) is 0.727. The van der Waals surface area contributed by atoms with E-state index in [1.165, 1.54) is 10.4 Å². The molecule has 0 amide bonds. The summed E-state index contributed by atoms with van der Waals surface area (Å²) in [7, 11) is 0. The fourth-order valence-electron chi connectivity index (χ4n) is 1.90. The zero-order valence-corrected chi connectivity index (χ0v) is 8.79. The third-order valence-corrected chi connectivity index (χ3v) is 3.94. The minimum Gasteiger partial charge on any atom is -0.314 e. The van der Waals surface area contributed by atoms with Crippen molar-refractivity contribution in [2.75, 3.05) is 13.1 Å². The number of hydrogen-bond donors (Lipinski definition) is 1. The Bertz CT molecular complexity index is 310. The maximum absolute atomic E-state index is 3.95. The zero-order chi connectivity index (χ0) is 9.31. The first-order chi connectivity index (χ1) is 6.32. The van der Waals surface area contributed by atoms with Crippen LogP contribution in [0.3, 0.4) is 0 Å². The van der Waals surface area contributed by atoms with E-state index in [2.05, 4.69) is 36.3 Å². The number of rotatable bonds is 3. The number of hydrogen-bond acceptors (Lipinski definition) is 2. The summed E-state index contributed by atoms with van der Waals surface area (Å²) in [5.41, 5.74) is 1.74. The molecule has 1 N–H and O–H groups in total. The molecule has 70 valence electrons. The molecule has 1 nitrogen and oxygen atoms in total. The van der Waals surface area contributed by atoms with Crippen LogP contribution < -0.4 is 5.32 Å². The van der Waals surface area contributed by atoms with Gasteiger partial charge in [0.05, 0.1) is 0 Å². The van der Waals surface area contributed by atoms with E-state index in [1.807, 2.05) is 11.3 Å². The Balaban J connectivity index is 2.37. The third kappa shape index (κ3) is 1.25. The van der Waals surface area contributed by atoms with E-state index in [-0.39, 0.29) is 5.41 Å². The zero-order valence-electron chi connectivity index (χ0n) is 7.97. The predicted molar refractivity (Wildman–Crippen MR) is 58.4 cm³/mol. The first-order valence-electron chi connectivity index (χ1n) is 4.73. The van der Waals surface area contributed by atoms with Crippen molar-refractivity contribution in [2.45, 2.75) is 18.8 Å². The highest BCUT2D eigenvalue weighted by Gasteiger charge is 2.37. The number of thiophene rings is 1. The molecule has 0 aliphatic carbocycles. The Morgan fingerprint density at radius 3 is 2.92 bits per heavy atom. The molecule has 1 aliphatic heterocycles. The monoisotopic (exact) mass is 193 g/mol. The summed E-state index contributed by atoms with van der Waals surface area (Å²) < 4.78 is 0. The van der Waals surface area contributed by atoms with Crippen LogP contribution in [-0.2, 0) is 11.8 Å². The van der Waals surface area contributed by atoms with Gasteiger partial charge in [0, 0.05) is 23.4 Å². The second kappa shape index (κ2) is 3.28. The van der Waals surface area contributed by atoms with Crippen molar-refractivity contribution in [1.82, 2.24) is 5.32 Å². The smallest absolute Gasteiger partial charge is 0.0390 e. The van der Waals surface area contributed by atoms with Gasteiger partial charge < -0.3 is 5.32 Å². The van der Waals surface area contributed by atoms with Gasteiger partial charge in [0.15, 0.2) is 0 Å². The third-order valence-electron chi connectivity index (χ3n) is 2.87. The van der Waals surface area contributed by atoms with Crippen molar-refractivity contribution in [2.24, 2.45) is 0 Å². The van der Waals surface area contributed by atoms with Gasteiger partial charge in [0.1, 0.15) is 0 Å². The Labute approximate surface area is 83.5 Å². The molecule has 0 bridgehead atoms. The summed E-state index contributed by atoms with van der Waals surface area (Å²) in [5.74, 6) is 0. The van der Waals surface area contributed by atoms with Gasteiger partial charge in [-0.2, -0.15) is 0 Å². The molecule has 1 aliphatic rings. The average Bonchev–Trinajstić information content (AvgIpc) is 2.52. The molecule has 0 spiro atoms. The van der Waals surface area contributed by atoms with Gasteiger partial charge in [-0.25, -0.2) is 0 Å². The summed E-state index contributed by atoms with van der Waals surface area (Å²) >= 11 is 1.87. The number of aryl methyl sites for hydroxylation is 1. The molecule has 2 heteroatoms. The van der Waals surface area contributed by atoms with E-state index in [1.54, 1.807) is 0 Å². The molecule has 0 atom stereocenters. The van der Waals surface area contributed by atoms with Crippen molar-refractivity contribution in [1.29, 1.82) is 0 Å². The standard InChI is InChI=1S/C11H15NS/c1-3-10-9(5-6-13-10)11(4-2)7-12-8-11/h4-6,12H,2-3,7-8H2,1H3. The van der Waals surface area contributed by atoms with E-state index in [9.17, 15) is 0 Å². The van der Waals surface area contributed by atoms with Crippen molar-refractivity contribution < 1.29 is 0 Å². The molecule has 0 radical (unpaired) electrons. The van der Waals surface area contributed by atoms with Crippen LogP contribution in [0.15, 0.2) is 24.1 Å². The molecule has 0 aromatic carbocycles. The van der Waals surface area contributed by atoms with Crippen molar-refractivity contribution in [3.05, 3.63) is 34.5 Å². The molecule has 1 aromatic heterocycles. The van der Waals surface area contributed by atoms with Gasteiger partial charge in [-0.1, -0.05) is 13.0 Å². The van der Waals surface area contributed by atoms with Crippen molar-refractivity contribution in [3.63, 3.8) is 0 Å². The van der Waals surface area contributed by atoms with Crippen LogP contribution in [0.25, 0.3) is 0 Å². The minimum absolute atomic E-state index is 0.241. The highest BCUT2D eigenvalue weighted by Crippen LogP contribution is 2.35. The first-order valence-corrected chi connectivity index (χ1v) is 5.61. The van der Waals surface area contributed by atoms with Crippen LogP contribution in [0.4, 0.5) is 0 Å². The van der Waals surface area contributed by atoms with Crippen LogP contribution in [0, 0.1) is 0 Å². The molecule has 1 aromatic rings. The molecule has 2 heterocycles. The minimum atomic E-state index is 0.241. The van der Waals surface area contributed by atoms with Gasteiger partial charge >= 0.3 is 0 Å². The number of nitrogens with one attached hydrogen (secondary N) is 1. The van der Waals surface area contributed by atoms with Crippen LogP contribution in [-0.4, -0.2) is 13.1 Å². The van der Waals surface area contributed by atoms with Crippen LogP contribution >= 0.6 is 11.3 Å². The fourth-order valence-corrected chi connectivity index (χ4v) is 2.83. The van der Waals surface area contributed by atoms with Crippen LogP contribution in [0.2, 0.25) is 0 Å². The lowest BCUT2D eigenvalue weighted by Gasteiger charge is -2.40. The van der Waals surface area contributed by atoms with E-state index < -0.39 is 0 Å². The van der Waals surface area contributed by atoms with Crippen LogP contribution in [0.5, 0.6) is 0 Å². The molecule has 2 rings (SSSR count). The highest BCUT2D eigenvalue weighted by atomic mass is 32.1. The van der Waals surface area contributed by atoms with E-state index in [0.29, 0.717) is 0 Å². The van der Waals surface area contributed by atoms with Gasteiger partial charge in [-0.3, -0.25) is 0 Å². The second-order valence-electron chi connectivity index (χ2n) is 3.57.